The van der Waals surface area contributed by atoms with Crippen molar-refractivity contribution in [1.29, 1.82) is 0 Å². The maximum atomic E-state index is 11.4. The molecule has 0 aliphatic carbocycles. The third-order valence-corrected chi connectivity index (χ3v) is 3.48. The molecular formula is C13H14ClN3O3. The number of hydrogen-bond donors (Lipinski definition) is 1. The first kappa shape index (κ1) is 14.3. The molecule has 2 heterocycles. The lowest BCUT2D eigenvalue weighted by atomic mass is 10.2. The lowest BCUT2D eigenvalue weighted by Crippen LogP contribution is -2.17. The number of aromatic nitrogens is 3. The number of carboxylic acid groups (broad SMARTS) is 1. The number of halogens is 1. The summed E-state index contributed by atoms with van der Waals surface area (Å²) in [6.07, 6.45) is 2.84. The van der Waals surface area contributed by atoms with Gasteiger partial charge in [0.15, 0.2) is 5.43 Å². The zero-order valence-electron chi connectivity index (χ0n) is 11.1. The first-order chi connectivity index (χ1) is 9.43. The van der Waals surface area contributed by atoms with Crippen LogP contribution in [0.4, 0.5) is 0 Å². The molecule has 6 nitrogen and oxygen atoms in total. The molecule has 0 aliphatic rings. The standard InChI is InChI=1S/C13H14ClN3O3/c1-3-17-10(12(14)8(2)15-17)7-16-5-4-11(18)9(6-16)13(19)20/h4-6H,3,7H2,1-2H3,(H,19,20). The molecule has 106 valence electrons. The Morgan fingerprint density at radius 3 is 2.80 bits per heavy atom. The smallest absolute Gasteiger partial charge is 0.341 e. The van der Waals surface area contributed by atoms with Crippen LogP contribution in [0.2, 0.25) is 5.02 Å². The van der Waals surface area contributed by atoms with Crippen molar-refractivity contribution in [2.45, 2.75) is 26.9 Å². The molecule has 1 N–H and O–H groups in total. The molecular weight excluding hydrogens is 282 g/mol. The van der Waals surface area contributed by atoms with Crippen LogP contribution in [0.3, 0.4) is 0 Å². The quantitative estimate of drug-likeness (QED) is 0.932. The van der Waals surface area contributed by atoms with Crippen LogP contribution in [0.15, 0.2) is 23.3 Å². The van der Waals surface area contributed by atoms with Gasteiger partial charge in [-0.1, -0.05) is 11.6 Å². The van der Waals surface area contributed by atoms with Crippen molar-refractivity contribution in [2.75, 3.05) is 0 Å². The minimum absolute atomic E-state index is 0.261. The largest absolute Gasteiger partial charge is 0.477 e. The highest BCUT2D eigenvalue weighted by Crippen LogP contribution is 2.21. The molecule has 0 unspecified atom stereocenters. The maximum absolute atomic E-state index is 11.4. The summed E-state index contributed by atoms with van der Waals surface area (Å²) < 4.78 is 3.37. The van der Waals surface area contributed by atoms with Crippen LogP contribution in [-0.4, -0.2) is 25.4 Å². The number of aryl methyl sites for hydroxylation is 2. The summed E-state index contributed by atoms with van der Waals surface area (Å²) in [5.41, 5.74) is 0.734. The molecule has 0 radical (unpaired) electrons. The summed E-state index contributed by atoms with van der Waals surface area (Å²) in [6.45, 7) is 4.77. The van der Waals surface area contributed by atoms with Crippen molar-refractivity contribution < 1.29 is 9.90 Å². The minimum atomic E-state index is -1.24. The number of carboxylic acids is 1. The fraction of sp³-hybridized carbons (Fsp3) is 0.308. The Labute approximate surface area is 120 Å². The van der Waals surface area contributed by atoms with Crippen LogP contribution < -0.4 is 5.43 Å². The molecule has 7 heteroatoms. The Morgan fingerprint density at radius 2 is 2.20 bits per heavy atom. The van der Waals surface area contributed by atoms with Crippen LogP contribution in [0.5, 0.6) is 0 Å². The molecule has 0 spiro atoms. The average Bonchev–Trinajstić information content (AvgIpc) is 2.68. The Bertz CT molecular complexity index is 718. The van der Waals surface area contributed by atoms with Gasteiger partial charge in [0.1, 0.15) is 5.56 Å². The lowest BCUT2D eigenvalue weighted by molar-refractivity contribution is 0.0694. The van der Waals surface area contributed by atoms with Crippen LogP contribution >= 0.6 is 11.6 Å². The van der Waals surface area contributed by atoms with Gasteiger partial charge < -0.3 is 9.67 Å². The molecule has 20 heavy (non-hydrogen) atoms. The van der Waals surface area contributed by atoms with E-state index < -0.39 is 11.4 Å². The molecule has 2 aromatic heterocycles. The van der Waals surface area contributed by atoms with Crippen molar-refractivity contribution >= 4 is 17.6 Å². The molecule has 2 rings (SSSR count). The van der Waals surface area contributed by atoms with Crippen LogP contribution in [0.1, 0.15) is 28.7 Å². The molecule has 0 atom stereocenters. The topological polar surface area (TPSA) is 77.1 Å². The van der Waals surface area contributed by atoms with Gasteiger partial charge in [-0.15, -0.1) is 0 Å². The second-order valence-corrected chi connectivity index (χ2v) is 4.74. The van der Waals surface area contributed by atoms with E-state index in [4.69, 9.17) is 16.7 Å². The monoisotopic (exact) mass is 295 g/mol. The highest BCUT2D eigenvalue weighted by molar-refractivity contribution is 6.31. The lowest BCUT2D eigenvalue weighted by Gasteiger charge is -2.09. The molecule has 0 aliphatic heterocycles. The Balaban J connectivity index is 2.43. The number of carbonyl (C=O) groups is 1. The van der Waals surface area contributed by atoms with E-state index >= 15 is 0 Å². The van der Waals surface area contributed by atoms with Crippen LogP contribution in [0, 0.1) is 6.92 Å². The van der Waals surface area contributed by atoms with Gasteiger partial charge in [0.05, 0.1) is 23.0 Å². The highest BCUT2D eigenvalue weighted by atomic mass is 35.5. The van der Waals surface area contributed by atoms with E-state index in [1.54, 1.807) is 9.25 Å². The summed E-state index contributed by atoms with van der Waals surface area (Å²) in [4.78, 5) is 22.4. The van der Waals surface area contributed by atoms with Gasteiger partial charge in [-0.3, -0.25) is 9.48 Å². The molecule has 0 bridgehead atoms. The summed E-state index contributed by atoms with van der Waals surface area (Å²) in [7, 11) is 0. The molecule has 0 aromatic carbocycles. The fourth-order valence-electron chi connectivity index (χ4n) is 1.98. The van der Waals surface area contributed by atoms with Crippen molar-refractivity contribution in [3.63, 3.8) is 0 Å². The van der Waals surface area contributed by atoms with E-state index in [-0.39, 0.29) is 5.56 Å². The number of aromatic carboxylic acids is 1. The minimum Gasteiger partial charge on any atom is -0.477 e. The highest BCUT2D eigenvalue weighted by Gasteiger charge is 2.14. The van der Waals surface area contributed by atoms with Crippen molar-refractivity contribution in [1.82, 2.24) is 14.3 Å². The van der Waals surface area contributed by atoms with Crippen LogP contribution in [-0.2, 0) is 13.1 Å². The Hall–Kier alpha value is -2.08. The van der Waals surface area contributed by atoms with Crippen LogP contribution in [0.25, 0.3) is 0 Å². The van der Waals surface area contributed by atoms with Gasteiger partial charge in [-0.2, -0.15) is 5.10 Å². The maximum Gasteiger partial charge on any atom is 0.341 e. The van der Waals surface area contributed by atoms with Crippen molar-refractivity contribution in [3.05, 3.63) is 50.7 Å². The van der Waals surface area contributed by atoms with Gasteiger partial charge >= 0.3 is 5.97 Å². The second kappa shape index (κ2) is 5.50. The van der Waals surface area contributed by atoms with E-state index in [0.717, 1.165) is 11.4 Å². The molecule has 0 amide bonds. The average molecular weight is 296 g/mol. The number of nitrogens with zero attached hydrogens (tertiary/aromatic N) is 3. The summed E-state index contributed by atoms with van der Waals surface area (Å²) in [5, 5.41) is 13.8. The number of rotatable bonds is 4. The molecule has 0 fully saturated rings. The summed E-state index contributed by atoms with van der Waals surface area (Å²) in [6, 6.07) is 1.23. The van der Waals surface area contributed by atoms with E-state index in [1.807, 2.05) is 13.8 Å². The van der Waals surface area contributed by atoms with Gasteiger partial charge in [-0.05, 0) is 13.8 Å². The SMILES string of the molecule is CCn1nc(C)c(Cl)c1Cn1ccc(=O)c(C(=O)O)c1. The predicted octanol–water partition coefficient (Wildman–Crippen LogP) is 1.77. The molecule has 2 aromatic rings. The third-order valence-electron chi connectivity index (χ3n) is 2.99. The van der Waals surface area contributed by atoms with E-state index in [2.05, 4.69) is 5.10 Å². The van der Waals surface area contributed by atoms with Gasteiger partial charge in [0.2, 0.25) is 0 Å². The Morgan fingerprint density at radius 1 is 1.50 bits per heavy atom. The van der Waals surface area contributed by atoms with Gasteiger partial charge in [0, 0.05) is 25.0 Å². The predicted molar refractivity (Wildman–Crippen MR) is 74.4 cm³/mol. The van der Waals surface area contributed by atoms with Crippen molar-refractivity contribution in [2.24, 2.45) is 0 Å². The summed E-state index contributed by atoms with van der Waals surface area (Å²) in [5.74, 6) is -1.24. The first-order valence-electron chi connectivity index (χ1n) is 6.09. The first-order valence-corrected chi connectivity index (χ1v) is 6.47. The molecule has 0 saturated heterocycles. The van der Waals surface area contributed by atoms with Gasteiger partial charge in [-0.25, -0.2) is 4.79 Å². The normalized spacial score (nSPS) is 10.8. The summed E-state index contributed by atoms with van der Waals surface area (Å²) >= 11 is 6.20. The fourth-order valence-corrected chi connectivity index (χ4v) is 2.17. The van der Waals surface area contributed by atoms with Gasteiger partial charge in [0.25, 0.3) is 0 Å². The second-order valence-electron chi connectivity index (χ2n) is 4.36. The zero-order chi connectivity index (χ0) is 14.9. The van der Waals surface area contributed by atoms with Crippen molar-refractivity contribution in [3.8, 4) is 0 Å². The van der Waals surface area contributed by atoms with E-state index in [0.29, 0.717) is 18.1 Å². The zero-order valence-corrected chi connectivity index (χ0v) is 11.9. The number of hydrogen-bond acceptors (Lipinski definition) is 3. The van der Waals surface area contributed by atoms with E-state index in [9.17, 15) is 9.59 Å². The molecule has 0 saturated carbocycles. The number of pyridine rings is 1. The third kappa shape index (κ3) is 2.60. The Kier molecular flexibility index (Phi) is 3.94. The van der Waals surface area contributed by atoms with E-state index in [1.165, 1.54) is 18.5 Å².